The second kappa shape index (κ2) is 8.79. The van der Waals surface area contributed by atoms with E-state index in [4.69, 9.17) is 4.98 Å². The predicted molar refractivity (Wildman–Crippen MR) is 114 cm³/mol. The van der Waals surface area contributed by atoms with Crippen LogP contribution in [0.25, 0.3) is 16.9 Å². The lowest BCUT2D eigenvalue weighted by Gasteiger charge is -2.35. The minimum absolute atomic E-state index is 0.00625. The fourth-order valence-electron chi connectivity index (χ4n) is 3.64. The maximum absolute atomic E-state index is 13.4. The van der Waals surface area contributed by atoms with Crippen LogP contribution in [0.5, 0.6) is 0 Å². The number of carbonyl (C=O) groups excluding carboxylic acids is 1. The smallest absolute Gasteiger partial charge is 0.317 e. The zero-order valence-corrected chi connectivity index (χ0v) is 17.4. The summed E-state index contributed by atoms with van der Waals surface area (Å²) in [5.74, 6) is 0.581. The van der Waals surface area contributed by atoms with Crippen LogP contribution in [0.4, 0.5) is 9.18 Å². The summed E-state index contributed by atoms with van der Waals surface area (Å²) in [6.45, 7) is 7.61. The molecule has 3 heterocycles. The van der Waals surface area contributed by atoms with Crippen LogP contribution >= 0.6 is 0 Å². The Kier molecular flexibility index (Phi) is 5.94. The highest BCUT2D eigenvalue weighted by Crippen LogP contribution is 2.21. The standard InChI is InChI=1S/C22H27FN6O/c1-3-16(2)25-22(30)28-13-11-27(12-14-28)15-20-26-19-5-4-10-24-21(19)29(20)18-8-6-17(23)7-9-18/h4-10,16H,3,11-15H2,1-2H3,(H,25,30)/t16-/m0/s1. The molecule has 7 nitrogen and oxygen atoms in total. The van der Waals surface area contributed by atoms with Crippen molar-refractivity contribution in [3.63, 3.8) is 0 Å². The Bertz CT molecular complexity index is 1010. The molecular weight excluding hydrogens is 383 g/mol. The molecule has 1 saturated heterocycles. The third-order valence-electron chi connectivity index (χ3n) is 5.58. The van der Waals surface area contributed by atoms with Gasteiger partial charge in [-0.15, -0.1) is 0 Å². The summed E-state index contributed by atoms with van der Waals surface area (Å²) >= 11 is 0. The van der Waals surface area contributed by atoms with Crippen LogP contribution in [-0.2, 0) is 6.54 Å². The number of hydrogen-bond acceptors (Lipinski definition) is 4. The van der Waals surface area contributed by atoms with Gasteiger partial charge in [0.05, 0.1) is 6.54 Å². The summed E-state index contributed by atoms with van der Waals surface area (Å²) in [4.78, 5) is 25.8. The summed E-state index contributed by atoms with van der Waals surface area (Å²) in [6, 6.07) is 10.4. The normalized spacial score (nSPS) is 16.0. The van der Waals surface area contributed by atoms with Gasteiger partial charge in [0.2, 0.25) is 0 Å². The van der Waals surface area contributed by atoms with Crippen molar-refractivity contribution >= 4 is 17.2 Å². The maximum Gasteiger partial charge on any atom is 0.317 e. The number of hydrogen-bond donors (Lipinski definition) is 1. The summed E-state index contributed by atoms with van der Waals surface area (Å²) in [7, 11) is 0. The maximum atomic E-state index is 13.4. The third kappa shape index (κ3) is 4.28. The van der Waals surface area contributed by atoms with Crippen molar-refractivity contribution in [2.75, 3.05) is 26.2 Å². The molecule has 0 radical (unpaired) electrons. The van der Waals surface area contributed by atoms with Gasteiger partial charge >= 0.3 is 6.03 Å². The number of piperazine rings is 1. The molecule has 1 aliphatic heterocycles. The SMILES string of the molecule is CC[C@H](C)NC(=O)N1CCN(Cc2nc3cccnc3n2-c2ccc(F)cc2)CC1. The Labute approximate surface area is 175 Å². The van der Waals surface area contributed by atoms with Gasteiger partial charge in [-0.3, -0.25) is 9.47 Å². The van der Waals surface area contributed by atoms with E-state index >= 15 is 0 Å². The van der Waals surface area contributed by atoms with Crippen molar-refractivity contribution in [2.45, 2.75) is 32.9 Å². The number of aromatic nitrogens is 3. The number of nitrogens with zero attached hydrogens (tertiary/aromatic N) is 5. The van der Waals surface area contributed by atoms with E-state index < -0.39 is 0 Å². The number of imidazole rings is 1. The zero-order valence-electron chi connectivity index (χ0n) is 17.4. The number of urea groups is 1. The van der Waals surface area contributed by atoms with E-state index in [1.54, 1.807) is 18.3 Å². The van der Waals surface area contributed by atoms with Gasteiger partial charge in [0, 0.05) is 44.1 Å². The largest absolute Gasteiger partial charge is 0.336 e. The number of benzene rings is 1. The fourth-order valence-corrected chi connectivity index (χ4v) is 3.64. The Morgan fingerprint density at radius 2 is 1.90 bits per heavy atom. The van der Waals surface area contributed by atoms with E-state index in [0.29, 0.717) is 19.6 Å². The second-order valence-corrected chi connectivity index (χ2v) is 7.71. The van der Waals surface area contributed by atoms with Crippen molar-refractivity contribution in [3.8, 4) is 5.69 Å². The average Bonchev–Trinajstić information content (AvgIpc) is 3.12. The number of rotatable bonds is 5. The minimum Gasteiger partial charge on any atom is -0.336 e. The zero-order chi connectivity index (χ0) is 21.1. The van der Waals surface area contributed by atoms with Crippen molar-refractivity contribution in [1.82, 2.24) is 29.7 Å². The number of carbonyl (C=O) groups is 1. The van der Waals surface area contributed by atoms with Gasteiger partial charge in [-0.05, 0) is 49.7 Å². The number of amides is 2. The van der Waals surface area contributed by atoms with E-state index in [1.807, 2.05) is 28.5 Å². The monoisotopic (exact) mass is 410 g/mol. The summed E-state index contributed by atoms with van der Waals surface area (Å²) < 4.78 is 15.4. The molecule has 0 unspecified atom stereocenters. The molecule has 8 heteroatoms. The Hall–Kier alpha value is -3.00. The predicted octanol–water partition coefficient (Wildman–Crippen LogP) is 3.19. The van der Waals surface area contributed by atoms with Gasteiger partial charge in [-0.25, -0.2) is 19.2 Å². The molecular formula is C22H27FN6O. The molecule has 30 heavy (non-hydrogen) atoms. The number of nitrogens with one attached hydrogen (secondary N) is 1. The quantitative estimate of drug-likeness (QED) is 0.702. The Morgan fingerprint density at radius 3 is 2.60 bits per heavy atom. The van der Waals surface area contributed by atoms with Crippen LogP contribution in [0.3, 0.4) is 0 Å². The first-order chi connectivity index (χ1) is 14.5. The van der Waals surface area contributed by atoms with Gasteiger partial charge in [0.15, 0.2) is 5.65 Å². The van der Waals surface area contributed by atoms with Gasteiger partial charge < -0.3 is 10.2 Å². The highest BCUT2D eigenvalue weighted by Gasteiger charge is 2.24. The van der Waals surface area contributed by atoms with Crippen LogP contribution in [0, 0.1) is 5.82 Å². The lowest BCUT2D eigenvalue weighted by Crippen LogP contribution is -2.52. The third-order valence-corrected chi connectivity index (χ3v) is 5.58. The highest BCUT2D eigenvalue weighted by atomic mass is 19.1. The second-order valence-electron chi connectivity index (χ2n) is 7.71. The molecule has 1 N–H and O–H groups in total. The van der Waals surface area contributed by atoms with Crippen molar-refractivity contribution in [1.29, 1.82) is 0 Å². The van der Waals surface area contributed by atoms with Gasteiger partial charge in [0.1, 0.15) is 17.2 Å². The molecule has 3 aromatic rings. The molecule has 1 fully saturated rings. The van der Waals surface area contributed by atoms with E-state index in [1.165, 1.54) is 12.1 Å². The summed E-state index contributed by atoms with van der Waals surface area (Å²) in [5, 5.41) is 3.03. The van der Waals surface area contributed by atoms with Crippen molar-refractivity contribution < 1.29 is 9.18 Å². The van der Waals surface area contributed by atoms with E-state index in [9.17, 15) is 9.18 Å². The van der Waals surface area contributed by atoms with Crippen LogP contribution in [0.1, 0.15) is 26.1 Å². The molecule has 1 aromatic carbocycles. The molecule has 0 spiro atoms. The molecule has 0 aliphatic carbocycles. The van der Waals surface area contributed by atoms with E-state index in [2.05, 4.69) is 22.1 Å². The van der Waals surface area contributed by atoms with Crippen LogP contribution < -0.4 is 5.32 Å². The molecule has 158 valence electrons. The number of fused-ring (bicyclic) bond motifs is 1. The number of halogens is 1. The van der Waals surface area contributed by atoms with Gasteiger partial charge in [-0.2, -0.15) is 0 Å². The van der Waals surface area contributed by atoms with Crippen LogP contribution in [0.2, 0.25) is 0 Å². The number of pyridine rings is 1. The first kappa shape index (κ1) is 20.3. The lowest BCUT2D eigenvalue weighted by molar-refractivity contribution is 0.131. The minimum atomic E-state index is -0.274. The van der Waals surface area contributed by atoms with Crippen LogP contribution in [-0.4, -0.2) is 62.6 Å². The topological polar surface area (TPSA) is 66.3 Å². The summed E-state index contributed by atoms with van der Waals surface area (Å²) in [5.41, 5.74) is 2.40. The highest BCUT2D eigenvalue weighted by molar-refractivity contribution is 5.75. The van der Waals surface area contributed by atoms with E-state index in [-0.39, 0.29) is 17.9 Å². The molecule has 1 atom stereocenters. The molecule has 0 saturated carbocycles. The van der Waals surface area contributed by atoms with E-state index in [0.717, 1.165) is 42.2 Å². The molecule has 0 bridgehead atoms. The average molecular weight is 410 g/mol. The van der Waals surface area contributed by atoms with Gasteiger partial charge in [-0.1, -0.05) is 6.92 Å². The lowest BCUT2D eigenvalue weighted by atomic mass is 10.2. The summed E-state index contributed by atoms with van der Waals surface area (Å²) in [6.07, 6.45) is 2.65. The van der Waals surface area contributed by atoms with Crippen molar-refractivity contribution in [3.05, 3.63) is 54.2 Å². The molecule has 2 amide bonds. The first-order valence-corrected chi connectivity index (χ1v) is 10.4. The van der Waals surface area contributed by atoms with Crippen LogP contribution in [0.15, 0.2) is 42.6 Å². The first-order valence-electron chi connectivity index (χ1n) is 10.4. The molecule has 2 aromatic heterocycles. The molecule has 1 aliphatic rings. The Balaban J connectivity index is 1.50. The van der Waals surface area contributed by atoms with Gasteiger partial charge in [0.25, 0.3) is 0 Å². The molecule has 4 rings (SSSR count). The Morgan fingerprint density at radius 1 is 1.17 bits per heavy atom. The van der Waals surface area contributed by atoms with Crippen molar-refractivity contribution in [2.24, 2.45) is 0 Å². The fraction of sp³-hybridized carbons (Fsp3) is 0.409.